The Hall–Kier alpha value is -3.62. The summed E-state index contributed by atoms with van der Waals surface area (Å²) in [4.78, 5) is 13.5. The summed E-state index contributed by atoms with van der Waals surface area (Å²) in [6.07, 6.45) is 2.44. The minimum Gasteiger partial charge on any atom is -0.366 e. The molecule has 0 spiro atoms. The molecule has 5 rings (SSSR count). The number of hydrogen-bond acceptors (Lipinski definition) is 5. The summed E-state index contributed by atoms with van der Waals surface area (Å²) in [5.74, 6) is -1.74. The summed E-state index contributed by atoms with van der Waals surface area (Å²) in [7, 11) is 0. The molecule has 1 amide bonds. The van der Waals surface area contributed by atoms with Crippen molar-refractivity contribution in [3.05, 3.63) is 76.3 Å². The fourth-order valence-electron chi connectivity index (χ4n) is 4.80. The fraction of sp³-hybridized carbons (Fsp3) is 0.222. The van der Waals surface area contributed by atoms with E-state index in [1.807, 2.05) is 13.0 Å². The third kappa shape index (κ3) is 4.38. The molecule has 1 saturated heterocycles. The maximum Gasteiger partial charge on any atom is 0.248 e. The van der Waals surface area contributed by atoms with E-state index in [9.17, 15) is 9.18 Å². The van der Waals surface area contributed by atoms with E-state index in [1.165, 1.54) is 24.3 Å². The van der Waals surface area contributed by atoms with Crippen LogP contribution in [-0.2, 0) is 0 Å². The van der Waals surface area contributed by atoms with Gasteiger partial charge in [0.05, 0.1) is 22.4 Å². The Morgan fingerprint density at radius 1 is 1.06 bits per heavy atom. The predicted octanol–water partition coefficient (Wildman–Crippen LogP) is 5.58. The smallest absolute Gasteiger partial charge is 0.248 e. The average Bonchev–Trinajstić information content (AvgIpc) is 2.83. The second-order valence-electron chi connectivity index (χ2n) is 9.08. The number of carbonyl (C=O) groups excluding carboxylic acids is 1. The number of nitrogens with two attached hydrogens (primary N) is 2. The number of nitrogens with zero attached hydrogens (tertiary/aromatic N) is 3. The van der Waals surface area contributed by atoms with Gasteiger partial charge < -0.3 is 16.4 Å². The van der Waals surface area contributed by atoms with E-state index in [0.717, 1.165) is 30.9 Å². The molecule has 4 N–H and O–H groups in total. The van der Waals surface area contributed by atoms with Gasteiger partial charge in [0.25, 0.3) is 0 Å². The van der Waals surface area contributed by atoms with E-state index in [0.29, 0.717) is 40.0 Å². The Morgan fingerprint density at radius 2 is 1.86 bits per heavy atom. The molecule has 0 saturated carbocycles. The van der Waals surface area contributed by atoms with E-state index in [2.05, 4.69) is 15.1 Å². The Kier molecular flexibility index (Phi) is 6.32. The highest BCUT2D eigenvalue weighted by molar-refractivity contribution is 6.34. The van der Waals surface area contributed by atoms with Crippen LogP contribution in [0.5, 0.6) is 0 Å². The van der Waals surface area contributed by atoms with Crippen LogP contribution in [-0.4, -0.2) is 28.8 Å². The third-order valence-corrected chi connectivity index (χ3v) is 6.83. The first-order valence-corrected chi connectivity index (χ1v) is 12.0. The molecular weight excluding hydrogens is 484 g/mol. The van der Waals surface area contributed by atoms with Crippen LogP contribution >= 0.6 is 11.6 Å². The normalized spacial score (nSPS) is 15.9. The van der Waals surface area contributed by atoms with Gasteiger partial charge in [-0.2, -0.15) is 0 Å². The topological polar surface area (TPSA) is 98.1 Å². The van der Waals surface area contributed by atoms with Crippen molar-refractivity contribution in [1.82, 2.24) is 10.2 Å². The number of piperidine rings is 1. The number of aryl methyl sites for hydroxylation is 1. The summed E-state index contributed by atoms with van der Waals surface area (Å²) in [6, 6.07) is 12.1. The van der Waals surface area contributed by atoms with Crippen molar-refractivity contribution in [2.75, 3.05) is 11.4 Å². The Morgan fingerprint density at radius 3 is 2.56 bits per heavy atom. The minimum atomic E-state index is -0.725. The van der Waals surface area contributed by atoms with Gasteiger partial charge in [-0.15, -0.1) is 10.2 Å². The van der Waals surface area contributed by atoms with E-state index >= 15 is 4.39 Å². The van der Waals surface area contributed by atoms with E-state index < -0.39 is 11.7 Å². The molecule has 9 heteroatoms. The monoisotopic (exact) mass is 507 g/mol. The Labute approximate surface area is 211 Å². The summed E-state index contributed by atoms with van der Waals surface area (Å²) >= 11 is 6.56. The highest BCUT2D eigenvalue weighted by Gasteiger charge is 2.27. The summed E-state index contributed by atoms with van der Waals surface area (Å²) in [5.41, 5.74) is 15.5. The molecule has 184 valence electrons. The highest BCUT2D eigenvalue weighted by Crippen LogP contribution is 2.41. The standard InChI is InChI=1S/C27H24ClF2N5O/c1-14-8-16(10-17(29)9-14)25-26(35-7-3-2-4-24(35)31)20-12-19(21(28)13-23(20)33-34-25)18-6-5-15(27(32)36)11-22(18)30/h5-6,8-13,24H,2-4,7,31H2,1H3,(H2,32,36). The number of anilines is 1. The first-order valence-electron chi connectivity index (χ1n) is 11.6. The van der Waals surface area contributed by atoms with E-state index in [1.54, 1.807) is 12.1 Å². The Balaban J connectivity index is 1.79. The van der Waals surface area contributed by atoms with Gasteiger partial charge in [-0.1, -0.05) is 17.7 Å². The van der Waals surface area contributed by atoms with Crippen molar-refractivity contribution >= 4 is 34.1 Å². The number of primary amides is 1. The molecule has 2 heterocycles. The van der Waals surface area contributed by atoms with Gasteiger partial charge in [0, 0.05) is 34.2 Å². The molecule has 0 bridgehead atoms. The molecule has 1 atom stereocenters. The molecule has 1 aliphatic heterocycles. The van der Waals surface area contributed by atoms with Crippen LogP contribution in [0.2, 0.25) is 5.02 Å². The average molecular weight is 508 g/mol. The molecule has 1 unspecified atom stereocenters. The van der Waals surface area contributed by atoms with Crippen LogP contribution in [0.1, 0.15) is 35.2 Å². The lowest BCUT2D eigenvalue weighted by Gasteiger charge is -2.36. The van der Waals surface area contributed by atoms with E-state index in [-0.39, 0.29) is 28.1 Å². The summed E-state index contributed by atoms with van der Waals surface area (Å²) < 4.78 is 29.4. The number of hydrogen-bond donors (Lipinski definition) is 2. The molecular formula is C27H24ClF2N5O. The van der Waals surface area contributed by atoms with Crippen LogP contribution < -0.4 is 16.4 Å². The van der Waals surface area contributed by atoms with Gasteiger partial charge in [0.15, 0.2) is 0 Å². The number of carbonyl (C=O) groups is 1. The van der Waals surface area contributed by atoms with Gasteiger partial charge in [0.2, 0.25) is 5.91 Å². The quantitative estimate of drug-likeness (QED) is 0.376. The van der Waals surface area contributed by atoms with Gasteiger partial charge >= 0.3 is 0 Å². The van der Waals surface area contributed by atoms with Gasteiger partial charge in [-0.3, -0.25) is 4.79 Å². The van der Waals surface area contributed by atoms with E-state index in [4.69, 9.17) is 23.1 Å². The van der Waals surface area contributed by atoms with Crippen LogP contribution in [0.3, 0.4) is 0 Å². The zero-order chi connectivity index (χ0) is 25.6. The number of fused-ring (bicyclic) bond motifs is 1. The third-order valence-electron chi connectivity index (χ3n) is 6.52. The lowest BCUT2D eigenvalue weighted by Crippen LogP contribution is -2.46. The second-order valence-corrected chi connectivity index (χ2v) is 9.49. The Bertz CT molecular complexity index is 1490. The zero-order valence-corrected chi connectivity index (χ0v) is 20.3. The molecule has 4 aromatic rings. The van der Waals surface area contributed by atoms with Crippen molar-refractivity contribution in [2.24, 2.45) is 11.5 Å². The lowest BCUT2D eigenvalue weighted by atomic mass is 9.97. The lowest BCUT2D eigenvalue weighted by molar-refractivity contribution is 0.1000. The fourth-order valence-corrected chi connectivity index (χ4v) is 5.06. The second kappa shape index (κ2) is 9.44. The maximum absolute atomic E-state index is 15.1. The van der Waals surface area contributed by atoms with Crippen LogP contribution in [0, 0.1) is 18.6 Å². The molecule has 1 aliphatic rings. The zero-order valence-electron chi connectivity index (χ0n) is 19.6. The van der Waals surface area contributed by atoms with Gasteiger partial charge in [0.1, 0.15) is 17.3 Å². The molecule has 36 heavy (non-hydrogen) atoms. The summed E-state index contributed by atoms with van der Waals surface area (Å²) in [6.45, 7) is 2.49. The van der Waals surface area contributed by atoms with Crippen molar-refractivity contribution in [2.45, 2.75) is 32.4 Å². The van der Waals surface area contributed by atoms with Gasteiger partial charge in [-0.05, 0) is 74.2 Å². The van der Waals surface area contributed by atoms with Crippen LogP contribution in [0.25, 0.3) is 33.3 Å². The van der Waals surface area contributed by atoms with Crippen molar-refractivity contribution in [1.29, 1.82) is 0 Å². The first kappa shape index (κ1) is 24.1. The highest BCUT2D eigenvalue weighted by atomic mass is 35.5. The maximum atomic E-state index is 15.1. The molecule has 1 fully saturated rings. The SMILES string of the molecule is Cc1cc(F)cc(-c2nnc3cc(Cl)c(-c4ccc(C(N)=O)cc4F)cc3c2N2CCCCC2N)c1. The van der Waals surface area contributed by atoms with Crippen molar-refractivity contribution in [3.63, 3.8) is 0 Å². The van der Waals surface area contributed by atoms with Gasteiger partial charge in [-0.25, -0.2) is 8.78 Å². The molecule has 0 radical (unpaired) electrons. The number of rotatable bonds is 4. The molecule has 6 nitrogen and oxygen atoms in total. The molecule has 3 aromatic carbocycles. The van der Waals surface area contributed by atoms with Crippen molar-refractivity contribution < 1.29 is 13.6 Å². The number of halogens is 3. The van der Waals surface area contributed by atoms with Crippen LogP contribution in [0.4, 0.5) is 14.5 Å². The summed E-state index contributed by atoms with van der Waals surface area (Å²) in [5, 5.41) is 9.77. The first-order chi connectivity index (χ1) is 17.2. The number of benzene rings is 3. The predicted molar refractivity (Wildman–Crippen MR) is 138 cm³/mol. The molecule has 0 aliphatic carbocycles. The number of amides is 1. The van der Waals surface area contributed by atoms with Crippen LogP contribution in [0.15, 0.2) is 48.5 Å². The van der Waals surface area contributed by atoms with Crippen molar-refractivity contribution in [3.8, 4) is 22.4 Å². The largest absolute Gasteiger partial charge is 0.366 e. The minimum absolute atomic E-state index is 0.0581. The number of aromatic nitrogens is 2. The molecule has 1 aromatic heterocycles.